The summed E-state index contributed by atoms with van der Waals surface area (Å²) in [5.74, 6) is 1.48. The van der Waals surface area contributed by atoms with Crippen molar-refractivity contribution in [1.29, 1.82) is 0 Å². The van der Waals surface area contributed by atoms with E-state index in [1.807, 2.05) is 31.2 Å². The molecule has 0 amide bonds. The normalized spacial score (nSPS) is 10.0. The molecule has 0 atom stereocenters. The van der Waals surface area contributed by atoms with Gasteiger partial charge in [-0.1, -0.05) is 13.8 Å². The summed E-state index contributed by atoms with van der Waals surface area (Å²) in [6.45, 7) is 7.79. The van der Waals surface area contributed by atoms with Crippen LogP contribution in [0.25, 0.3) is 0 Å². The van der Waals surface area contributed by atoms with E-state index < -0.39 is 0 Å². The van der Waals surface area contributed by atoms with Gasteiger partial charge in [-0.15, -0.1) is 0 Å². The van der Waals surface area contributed by atoms with Gasteiger partial charge in [-0.2, -0.15) is 0 Å². The van der Waals surface area contributed by atoms with Gasteiger partial charge in [0.25, 0.3) is 0 Å². The summed E-state index contributed by atoms with van der Waals surface area (Å²) in [7, 11) is 0. The van der Waals surface area contributed by atoms with Crippen molar-refractivity contribution in [1.82, 2.24) is 16.2 Å². The third kappa shape index (κ3) is 7.99. The molecule has 1 aromatic rings. The van der Waals surface area contributed by atoms with Crippen molar-refractivity contribution in [3.63, 3.8) is 0 Å². The van der Waals surface area contributed by atoms with Gasteiger partial charge >= 0.3 is 0 Å². The number of thiocarbonyl (C=S) groups is 2. The van der Waals surface area contributed by atoms with Crippen LogP contribution in [0.5, 0.6) is 5.75 Å². The molecule has 0 aliphatic rings. The van der Waals surface area contributed by atoms with Crippen LogP contribution in [0.15, 0.2) is 24.3 Å². The Balaban J connectivity index is 2.26. The largest absolute Gasteiger partial charge is 0.494 e. The SMILES string of the molecule is CCOc1ccc(NC(=S)NNC(=S)NCCC(C)C)cc1. The van der Waals surface area contributed by atoms with Gasteiger partial charge in [0.15, 0.2) is 10.2 Å². The summed E-state index contributed by atoms with van der Waals surface area (Å²) in [6, 6.07) is 7.58. The predicted octanol–water partition coefficient (Wildman–Crippen LogP) is 2.80. The van der Waals surface area contributed by atoms with Gasteiger partial charge in [-0.3, -0.25) is 10.9 Å². The van der Waals surface area contributed by atoms with Crippen molar-refractivity contribution in [2.45, 2.75) is 27.2 Å². The fourth-order valence-corrected chi connectivity index (χ4v) is 1.92. The molecule has 0 aliphatic carbocycles. The molecule has 5 nitrogen and oxygen atoms in total. The standard InChI is InChI=1S/C15H24N4OS2/c1-4-20-13-7-5-12(6-8-13)17-15(22)19-18-14(21)16-10-9-11(2)3/h5-8,11H,4,9-10H2,1-3H3,(H2,16,18,21)(H2,17,19,22). The zero-order valence-electron chi connectivity index (χ0n) is 13.2. The number of hydrazine groups is 1. The highest BCUT2D eigenvalue weighted by molar-refractivity contribution is 7.80. The van der Waals surface area contributed by atoms with Crippen LogP contribution < -0.4 is 26.2 Å². The quantitative estimate of drug-likeness (QED) is 0.469. The number of benzene rings is 1. The highest BCUT2D eigenvalue weighted by atomic mass is 32.1. The number of ether oxygens (including phenoxy) is 1. The lowest BCUT2D eigenvalue weighted by Crippen LogP contribution is -2.48. The lowest BCUT2D eigenvalue weighted by molar-refractivity contribution is 0.340. The number of anilines is 1. The smallest absolute Gasteiger partial charge is 0.189 e. The van der Waals surface area contributed by atoms with E-state index in [1.165, 1.54) is 0 Å². The first-order chi connectivity index (χ1) is 10.5. The fraction of sp³-hybridized carbons (Fsp3) is 0.467. The molecule has 1 aromatic carbocycles. The number of hydrogen-bond donors (Lipinski definition) is 4. The second-order valence-corrected chi connectivity index (χ2v) is 5.92. The Bertz CT molecular complexity index is 477. The van der Waals surface area contributed by atoms with E-state index in [0.29, 0.717) is 22.7 Å². The Labute approximate surface area is 143 Å². The maximum atomic E-state index is 5.39. The topological polar surface area (TPSA) is 57.4 Å². The van der Waals surface area contributed by atoms with Gasteiger partial charge < -0.3 is 15.4 Å². The maximum Gasteiger partial charge on any atom is 0.189 e. The van der Waals surface area contributed by atoms with Crippen LogP contribution in [0.2, 0.25) is 0 Å². The monoisotopic (exact) mass is 340 g/mol. The van der Waals surface area contributed by atoms with E-state index >= 15 is 0 Å². The van der Waals surface area contributed by atoms with Gasteiger partial charge in [0.1, 0.15) is 5.75 Å². The van der Waals surface area contributed by atoms with Crippen LogP contribution >= 0.6 is 24.4 Å². The third-order valence-electron chi connectivity index (χ3n) is 2.72. The summed E-state index contributed by atoms with van der Waals surface area (Å²) in [6.07, 6.45) is 1.07. The molecule has 0 unspecified atom stereocenters. The van der Waals surface area contributed by atoms with Crippen LogP contribution in [0.1, 0.15) is 27.2 Å². The molecule has 1 rings (SSSR count). The second kappa shape index (κ2) is 10.2. The minimum atomic E-state index is 0.442. The van der Waals surface area contributed by atoms with Gasteiger partial charge in [0.2, 0.25) is 0 Å². The molecule has 0 saturated carbocycles. The van der Waals surface area contributed by atoms with Crippen LogP contribution in [0.4, 0.5) is 5.69 Å². The van der Waals surface area contributed by atoms with Crippen LogP contribution in [-0.2, 0) is 0 Å². The Morgan fingerprint density at radius 1 is 1.09 bits per heavy atom. The van der Waals surface area contributed by atoms with E-state index in [0.717, 1.165) is 24.4 Å². The number of nitrogens with one attached hydrogen (secondary N) is 4. The summed E-state index contributed by atoms with van der Waals surface area (Å²) < 4.78 is 5.39. The molecule has 7 heteroatoms. The van der Waals surface area contributed by atoms with Crippen molar-refractivity contribution in [2.24, 2.45) is 5.92 Å². The van der Waals surface area contributed by atoms with Gasteiger partial charge in [0.05, 0.1) is 6.61 Å². The van der Waals surface area contributed by atoms with Crippen molar-refractivity contribution in [3.05, 3.63) is 24.3 Å². The van der Waals surface area contributed by atoms with Crippen LogP contribution in [0, 0.1) is 5.92 Å². The zero-order chi connectivity index (χ0) is 16.4. The number of rotatable bonds is 6. The molecule has 122 valence electrons. The minimum Gasteiger partial charge on any atom is -0.494 e. The molecule has 0 fully saturated rings. The Morgan fingerprint density at radius 2 is 1.73 bits per heavy atom. The lowest BCUT2D eigenvalue weighted by atomic mass is 10.1. The minimum absolute atomic E-state index is 0.442. The second-order valence-electron chi connectivity index (χ2n) is 5.10. The Hall–Kier alpha value is -1.60. The first-order valence-electron chi connectivity index (χ1n) is 7.35. The van der Waals surface area contributed by atoms with E-state index in [4.69, 9.17) is 29.2 Å². The first kappa shape index (κ1) is 18.4. The molecule has 0 heterocycles. The summed E-state index contributed by atoms with van der Waals surface area (Å²) >= 11 is 10.3. The molecular weight excluding hydrogens is 316 g/mol. The molecule has 0 bridgehead atoms. The molecular formula is C15H24N4OS2. The van der Waals surface area contributed by atoms with Crippen molar-refractivity contribution >= 4 is 40.3 Å². The van der Waals surface area contributed by atoms with E-state index in [9.17, 15) is 0 Å². The number of hydrogen-bond acceptors (Lipinski definition) is 3. The summed E-state index contributed by atoms with van der Waals surface area (Å²) in [5.41, 5.74) is 6.57. The van der Waals surface area contributed by atoms with E-state index in [-0.39, 0.29) is 0 Å². The lowest BCUT2D eigenvalue weighted by Gasteiger charge is -2.15. The summed E-state index contributed by atoms with van der Waals surface area (Å²) in [4.78, 5) is 0. The first-order valence-corrected chi connectivity index (χ1v) is 8.16. The van der Waals surface area contributed by atoms with E-state index in [1.54, 1.807) is 0 Å². The van der Waals surface area contributed by atoms with Crippen LogP contribution in [0.3, 0.4) is 0 Å². The molecule has 0 radical (unpaired) electrons. The molecule has 4 N–H and O–H groups in total. The Kier molecular flexibility index (Phi) is 8.54. The fourth-order valence-electron chi connectivity index (χ4n) is 1.60. The molecule has 0 aromatic heterocycles. The molecule has 0 aliphatic heterocycles. The predicted molar refractivity (Wildman–Crippen MR) is 100 cm³/mol. The maximum absolute atomic E-state index is 5.39. The summed E-state index contributed by atoms with van der Waals surface area (Å²) in [5, 5.41) is 7.13. The van der Waals surface area contributed by atoms with Gasteiger partial charge in [0, 0.05) is 12.2 Å². The average Bonchev–Trinajstić information content (AvgIpc) is 2.47. The molecule has 22 heavy (non-hydrogen) atoms. The third-order valence-corrected chi connectivity index (χ3v) is 3.17. The molecule has 0 saturated heterocycles. The van der Waals surface area contributed by atoms with E-state index in [2.05, 4.69) is 35.3 Å². The average molecular weight is 341 g/mol. The van der Waals surface area contributed by atoms with Gasteiger partial charge in [-0.05, 0) is 68.0 Å². The highest BCUT2D eigenvalue weighted by Gasteiger charge is 2.00. The zero-order valence-corrected chi connectivity index (χ0v) is 14.9. The van der Waals surface area contributed by atoms with Gasteiger partial charge in [-0.25, -0.2) is 0 Å². The van der Waals surface area contributed by atoms with Crippen molar-refractivity contribution in [2.75, 3.05) is 18.5 Å². The highest BCUT2D eigenvalue weighted by Crippen LogP contribution is 2.15. The molecule has 0 spiro atoms. The van der Waals surface area contributed by atoms with Crippen LogP contribution in [-0.4, -0.2) is 23.4 Å². The van der Waals surface area contributed by atoms with Crippen molar-refractivity contribution in [3.8, 4) is 5.75 Å². The van der Waals surface area contributed by atoms with Crippen molar-refractivity contribution < 1.29 is 4.74 Å². The Morgan fingerprint density at radius 3 is 2.32 bits per heavy atom.